The molecule has 2 nitrogen and oxygen atoms in total. The smallest absolute Gasteiger partial charge is 0.394 e. The molecular formula is C14H21F3O2. The first kappa shape index (κ1) is 16.1. The van der Waals surface area contributed by atoms with Crippen molar-refractivity contribution in [2.24, 2.45) is 17.3 Å². The molecule has 2 aliphatic carbocycles. The van der Waals surface area contributed by atoms with E-state index in [1.165, 1.54) is 14.0 Å². The van der Waals surface area contributed by atoms with Crippen LogP contribution in [0.25, 0.3) is 0 Å². The number of ether oxygens (including phenoxy) is 1. The molecule has 0 aromatic heterocycles. The van der Waals surface area contributed by atoms with Crippen molar-refractivity contribution < 1.29 is 22.7 Å². The Balaban J connectivity index is 0.000000224. The number of rotatable bonds is 1. The van der Waals surface area contributed by atoms with E-state index in [1.54, 1.807) is 6.92 Å². The summed E-state index contributed by atoms with van der Waals surface area (Å²) in [6, 6.07) is 0. The molecule has 2 aliphatic rings. The fraction of sp³-hybridized carbons (Fsp3) is 0.786. The molecule has 0 N–H and O–H groups in total. The zero-order valence-corrected chi connectivity index (χ0v) is 11.6. The molecule has 2 saturated carbocycles. The van der Waals surface area contributed by atoms with Crippen LogP contribution in [-0.4, -0.2) is 19.3 Å². The van der Waals surface area contributed by atoms with Gasteiger partial charge in [0.2, 0.25) is 0 Å². The van der Waals surface area contributed by atoms with Gasteiger partial charge < -0.3 is 4.74 Å². The Morgan fingerprint density at radius 1 is 1.37 bits per heavy atom. The predicted octanol–water partition coefficient (Wildman–Crippen LogP) is 4.11. The third-order valence-electron chi connectivity index (χ3n) is 4.34. The minimum Gasteiger partial charge on any atom is -0.466 e. The Bertz CT molecular complexity index is 362. The number of methoxy groups -OCH3 is 1. The van der Waals surface area contributed by atoms with Crippen LogP contribution in [0.2, 0.25) is 0 Å². The number of carbonyl (C=O) groups is 1. The van der Waals surface area contributed by atoms with Crippen LogP contribution < -0.4 is 0 Å². The SMILES string of the molecule is C=C(C)C(=O)OC.CC1(C(F)(F)F)CC2CCC1C2. The van der Waals surface area contributed by atoms with E-state index in [1.807, 2.05) is 0 Å². The zero-order chi connectivity index (χ0) is 14.8. The van der Waals surface area contributed by atoms with E-state index < -0.39 is 11.6 Å². The second-order valence-corrected chi connectivity index (χ2v) is 5.77. The molecule has 19 heavy (non-hydrogen) atoms. The normalized spacial score (nSPS) is 32.5. The van der Waals surface area contributed by atoms with Gasteiger partial charge in [-0.05, 0) is 38.0 Å². The van der Waals surface area contributed by atoms with E-state index >= 15 is 0 Å². The highest BCUT2D eigenvalue weighted by Crippen LogP contribution is 2.62. The molecule has 5 heteroatoms. The highest BCUT2D eigenvalue weighted by molar-refractivity contribution is 5.86. The quantitative estimate of drug-likeness (QED) is 0.533. The molecule has 0 aromatic carbocycles. The van der Waals surface area contributed by atoms with Gasteiger partial charge in [0.15, 0.2) is 0 Å². The van der Waals surface area contributed by atoms with Gasteiger partial charge in [0.25, 0.3) is 0 Å². The molecule has 0 spiro atoms. The topological polar surface area (TPSA) is 26.3 Å². The summed E-state index contributed by atoms with van der Waals surface area (Å²) in [6.07, 6.45) is -0.971. The lowest BCUT2D eigenvalue weighted by Gasteiger charge is -2.35. The lowest BCUT2D eigenvalue weighted by Crippen LogP contribution is -2.39. The molecule has 0 aromatic rings. The van der Waals surface area contributed by atoms with Crippen molar-refractivity contribution >= 4 is 5.97 Å². The van der Waals surface area contributed by atoms with Crippen LogP contribution in [0.15, 0.2) is 12.2 Å². The van der Waals surface area contributed by atoms with Crippen molar-refractivity contribution in [2.75, 3.05) is 7.11 Å². The molecule has 3 unspecified atom stereocenters. The van der Waals surface area contributed by atoms with Gasteiger partial charge in [0, 0.05) is 5.57 Å². The third kappa shape index (κ3) is 3.31. The van der Waals surface area contributed by atoms with Gasteiger partial charge in [-0.3, -0.25) is 0 Å². The van der Waals surface area contributed by atoms with Gasteiger partial charge in [-0.15, -0.1) is 0 Å². The number of carbonyl (C=O) groups excluding carboxylic acids is 1. The average molecular weight is 278 g/mol. The Labute approximate surface area is 112 Å². The number of hydrogen-bond acceptors (Lipinski definition) is 2. The molecule has 2 fully saturated rings. The summed E-state index contributed by atoms with van der Waals surface area (Å²) in [4.78, 5) is 10.2. The van der Waals surface area contributed by atoms with E-state index in [2.05, 4.69) is 11.3 Å². The number of alkyl halides is 3. The number of esters is 1. The van der Waals surface area contributed by atoms with Gasteiger partial charge in [-0.25, -0.2) is 4.79 Å². The van der Waals surface area contributed by atoms with Crippen molar-refractivity contribution in [3.63, 3.8) is 0 Å². The van der Waals surface area contributed by atoms with Gasteiger partial charge in [0.1, 0.15) is 0 Å². The van der Waals surface area contributed by atoms with Crippen molar-refractivity contribution in [3.05, 3.63) is 12.2 Å². The van der Waals surface area contributed by atoms with Crippen LogP contribution >= 0.6 is 0 Å². The van der Waals surface area contributed by atoms with Crippen molar-refractivity contribution in [1.29, 1.82) is 0 Å². The fourth-order valence-corrected chi connectivity index (χ4v) is 3.13. The highest BCUT2D eigenvalue weighted by atomic mass is 19.4. The Morgan fingerprint density at radius 2 is 1.95 bits per heavy atom. The monoisotopic (exact) mass is 278 g/mol. The molecule has 0 aliphatic heterocycles. The lowest BCUT2D eigenvalue weighted by molar-refractivity contribution is -0.234. The van der Waals surface area contributed by atoms with Gasteiger partial charge in [-0.1, -0.05) is 19.9 Å². The van der Waals surface area contributed by atoms with E-state index in [9.17, 15) is 18.0 Å². The summed E-state index contributed by atoms with van der Waals surface area (Å²) in [5.41, 5.74) is -0.918. The van der Waals surface area contributed by atoms with Crippen molar-refractivity contribution in [3.8, 4) is 0 Å². The maximum atomic E-state index is 12.6. The first-order valence-corrected chi connectivity index (χ1v) is 6.42. The number of fused-ring (bicyclic) bond motifs is 2. The summed E-state index contributed by atoms with van der Waals surface area (Å²) in [5.74, 6) is -0.0656. The van der Waals surface area contributed by atoms with Gasteiger partial charge in [-0.2, -0.15) is 13.2 Å². The third-order valence-corrected chi connectivity index (χ3v) is 4.34. The summed E-state index contributed by atoms with van der Waals surface area (Å²) in [6.45, 7) is 6.35. The van der Waals surface area contributed by atoms with Gasteiger partial charge >= 0.3 is 12.1 Å². The van der Waals surface area contributed by atoms with Crippen LogP contribution in [0.3, 0.4) is 0 Å². The van der Waals surface area contributed by atoms with Crippen LogP contribution in [0, 0.1) is 17.3 Å². The molecule has 2 rings (SSSR count). The summed E-state index contributed by atoms with van der Waals surface area (Å²) >= 11 is 0. The Hall–Kier alpha value is -1.00. The van der Waals surface area contributed by atoms with E-state index in [4.69, 9.17) is 0 Å². The molecular weight excluding hydrogens is 257 g/mol. The second-order valence-electron chi connectivity index (χ2n) is 5.77. The molecule has 0 radical (unpaired) electrons. The number of halogens is 3. The van der Waals surface area contributed by atoms with Crippen LogP contribution in [0.1, 0.15) is 39.5 Å². The maximum absolute atomic E-state index is 12.6. The maximum Gasteiger partial charge on any atom is 0.394 e. The minimum atomic E-state index is -3.98. The average Bonchev–Trinajstić information content (AvgIpc) is 2.87. The summed E-state index contributed by atoms with van der Waals surface area (Å²) < 4.78 is 42.1. The molecule has 2 bridgehead atoms. The van der Waals surface area contributed by atoms with Crippen molar-refractivity contribution in [2.45, 2.75) is 45.7 Å². The summed E-state index contributed by atoms with van der Waals surface area (Å²) in [7, 11) is 1.33. The highest BCUT2D eigenvalue weighted by Gasteiger charge is 2.61. The molecule has 3 atom stereocenters. The molecule has 0 saturated heterocycles. The van der Waals surface area contributed by atoms with E-state index in [-0.39, 0.29) is 11.9 Å². The van der Waals surface area contributed by atoms with Crippen LogP contribution in [-0.2, 0) is 9.53 Å². The number of hydrogen-bond donors (Lipinski definition) is 0. The second kappa shape index (κ2) is 5.55. The predicted molar refractivity (Wildman–Crippen MR) is 66.4 cm³/mol. The van der Waals surface area contributed by atoms with Crippen LogP contribution in [0.5, 0.6) is 0 Å². The zero-order valence-electron chi connectivity index (χ0n) is 11.6. The van der Waals surface area contributed by atoms with Gasteiger partial charge in [0.05, 0.1) is 12.5 Å². The lowest BCUT2D eigenvalue weighted by atomic mass is 9.74. The van der Waals surface area contributed by atoms with Crippen molar-refractivity contribution in [1.82, 2.24) is 0 Å². The largest absolute Gasteiger partial charge is 0.466 e. The Kier molecular flexibility index (Phi) is 4.69. The standard InChI is InChI=1S/C9H13F3.C5H8O2/c1-8(9(10,11)12)5-6-2-3-7(8)4-6;1-4(2)5(6)7-3/h6-7H,2-5H2,1H3;1H2,2-3H3. The Morgan fingerprint density at radius 3 is 2.11 bits per heavy atom. The molecule has 0 heterocycles. The van der Waals surface area contributed by atoms with E-state index in [0.29, 0.717) is 17.9 Å². The molecule has 0 amide bonds. The van der Waals surface area contributed by atoms with E-state index in [0.717, 1.165) is 19.3 Å². The minimum absolute atomic E-state index is 0.0810. The first-order chi connectivity index (χ1) is 8.61. The first-order valence-electron chi connectivity index (χ1n) is 6.42. The molecule has 110 valence electrons. The van der Waals surface area contributed by atoms with Crippen LogP contribution in [0.4, 0.5) is 13.2 Å². The summed E-state index contributed by atoms with van der Waals surface area (Å²) in [5, 5.41) is 0. The fourth-order valence-electron chi connectivity index (χ4n) is 3.13.